The average molecular weight is 367 g/mol. The van der Waals surface area contributed by atoms with Gasteiger partial charge in [0.2, 0.25) is 5.91 Å². The van der Waals surface area contributed by atoms with Gasteiger partial charge in [0.25, 0.3) is 5.91 Å². The molecule has 0 unspecified atom stereocenters. The Kier molecular flexibility index (Phi) is 6.24. The maximum atomic E-state index is 12.8. The minimum atomic E-state index is -0.354. The molecule has 0 aliphatic carbocycles. The molecule has 5 nitrogen and oxygen atoms in total. The van der Waals surface area contributed by atoms with Crippen LogP contribution < -0.4 is 15.0 Å². The lowest BCUT2D eigenvalue weighted by molar-refractivity contribution is -0.704. The van der Waals surface area contributed by atoms with Gasteiger partial charge in [0.1, 0.15) is 5.75 Å². The minimum Gasteiger partial charge on any atom is -0.494 e. The molecule has 3 rings (SSSR count). The molecule has 2 amide bonds. The number of carbonyl (C=O) groups excluding carboxylic acids is 2. The van der Waals surface area contributed by atoms with Gasteiger partial charge in [0.05, 0.1) is 24.8 Å². The first-order valence-corrected chi connectivity index (χ1v) is 9.57. The SMILES string of the molecule is CCCOc1ccc(N2C(=O)C[C@@H]([NH2+][C@@H](C)Cc3ccccc3)C2=O)cc1. The molecule has 0 spiro atoms. The van der Waals surface area contributed by atoms with Gasteiger partial charge >= 0.3 is 0 Å². The number of carbonyl (C=O) groups is 2. The van der Waals surface area contributed by atoms with Crippen molar-refractivity contribution in [3.8, 4) is 5.75 Å². The van der Waals surface area contributed by atoms with E-state index in [1.54, 1.807) is 24.3 Å². The van der Waals surface area contributed by atoms with Gasteiger partial charge in [-0.05, 0) is 43.2 Å². The van der Waals surface area contributed by atoms with Crippen LogP contribution in [0.5, 0.6) is 5.75 Å². The fourth-order valence-corrected chi connectivity index (χ4v) is 3.44. The number of hydrogen-bond acceptors (Lipinski definition) is 3. The summed E-state index contributed by atoms with van der Waals surface area (Å²) in [6.45, 7) is 4.79. The van der Waals surface area contributed by atoms with E-state index in [1.807, 2.05) is 30.4 Å². The number of nitrogens with two attached hydrogens (primary N) is 1. The molecule has 2 atom stereocenters. The van der Waals surface area contributed by atoms with E-state index in [4.69, 9.17) is 4.74 Å². The van der Waals surface area contributed by atoms with Crippen molar-refractivity contribution in [2.24, 2.45) is 0 Å². The molecule has 1 aliphatic rings. The number of imide groups is 1. The summed E-state index contributed by atoms with van der Waals surface area (Å²) in [5.74, 6) is 0.469. The maximum absolute atomic E-state index is 12.8. The molecule has 2 N–H and O–H groups in total. The van der Waals surface area contributed by atoms with Gasteiger partial charge in [-0.3, -0.25) is 9.59 Å². The van der Waals surface area contributed by atoms with E-state index < -0.39 is 0 Å². The first-order valence-electron chi connectivity index (χ1n) is 9.57. The number of nitrogens with zero attached hydrogens (tertiary/aromatic N) is 1. The molecular weight excluding hydrogens is 340 g/mol. The number of benzene rings is 2. The van der Waals surface area contributed by atoms with Crippen LogP contribution in [0.3, 0.4) is 0 Å². The molecule has 0 bridgehead atoms. The summed E-state index contributed by atoms with van der Waals surface area (Å²) < 4.78 is 5.56. The van der Waals surface area contributed by atoms with E-state index in [0.717, 1.165) is 18.6 Å². The smallest absolute Gasteiger partial charge is 0.292 e. The summed E-state index contributed by atoms with van der Waals surface area (Å²) in [6.07, 6.45) is 2.04. The molecule has 27 heavy (non-hydrogen) atoms. The lowest BCUT2D eigenvalue weighted by Gasteiger charge is -2.17. The van der Waals surface area contributed by atoms with Crippen molar-refractivity contribution in [3.05, 3.63) is 60.2 Å². The molecule has 0 radical (unpaired) electrons. The van der Waals surface area contributed by atoms with Crippen LogP contribution in [0.25, 0.3) is 0 Å². The number of quaternary nitrogens is 1. The van der Waals surface area contributed by atoms with E-state index >= 15 is 0 Å². The highest BCUT2D eigenvalue weighted by Crippen LogP contribution is 2.24. The van der Waals surface area contributed by atoms with Gasteiger partial charge in [0.15, 0.2) is 6.04 Å². The molecule has 5 heteroatoms. The van der Waals surface area contributed by atoms with Gasteiger partial charge in [-0.1, -0.05) is 37.3 Å². The van der Waals surface area contributed by atoms with Crippen molar-refractivity contribution >= 4 is 17.5 Å². The molecule has 1 heterocycles. The molecule has 0 aromatic heterocycles. The summed E-state index contributed by atoms with van der Waals surface area (Å²) >= 11 is 0. The van der Waals surface area contributed by atoms with Crippen molar-refractivity contribution < 1.29 is 19.6 Å². The molecule has 1 aliphatic heterocycles. The zero-order valence-electron chi connectivity index (χ0n) is 15.9. The third-order valence-electron chi connectivity index (χ3n) is 4.71. The van der Waals surface area contributed by atoms with E-state index in [-0.39, 0.29) is 30.3 Å². The van der Waals surface area contributed by atoms with Crippen molar-refractivity contribution in [2.45, 2.75) is 45.2 Å². The van der Waals surface area contributed by atoms with Crippen molar-refractivity contribution in [1.82, 2.24) is 0 Å². The number of ether oxygens (including phenoxy) is 1. The van der Waals surface area contributed by atoms with Crippen molar-refractivity contribution in [2.75, 3.05) is 11.5 Å². The van der Waals surface area contributed by atoms with E-state index in [2.05, 4.69) is 19.1 Å². The third-order valence-corrected chi connectivity index (χ3v) is 4.71. The van der Waals surface area contributed by atoms with Crippen LogP contribution in [-0.2, 0) is 16.0 Å². The molecule has 2 aromatic rings. The Bertz CT molecular complexity index is 774. The van der Waals surface area contributed by atoms with Gasteiger partial charge < -0.3 is 10.1 Å². The van der Waals surface area contributed by atoms with E-state index in [1.165, 1.54) is 10.5 Å². The first kappa shape index (κ1) is 19.1. The fourth-order valence-electron chi connectivity index (χ4n) is 3.44. The van der Waals surface area contributed by atoms with Crippen LogP contribution in [0.15, 0.2) is 54.6 Å². The van der Waals surface area contributed by atoms with Crippen LogP contribution in [0.2, 0.25) is 0 Å². The first-order chi connectivity index (χ1) is 13.1. The zero-order chi connectivity index (χ0) is 19.2. The number of hydrogen-bond donors (Lipinski definition) is 1. The lowest BCUT2D eigenvalue weighted by Crippen LogP contribution is -2.96. The summed E-state index contributed by atoms with van der Waals surface area (Å²) in [4.78, 5) is 26.6. The Morgan fingerprint density at radius 1 is 1.11 bits per heavy atom. The maximum Gasteiger partial charge on any atom is 0.292 e. The standard InChI is InChI=1S/C22H26N2O3/c1-3-13-27-19-11-9-18(10-12-19)24-21(25)15-20(22(24)26)23-16(2)14-17-7-5-4-6-8-17/h4-12,16,20,23H,3,13-15H2,1-2H3/p+1/t16-,20+/m0/s1. The Morgan fingerprint density at radius 3 is 2.48 bits per heavy atom. The Balaban J connectivity index is 1.62. The van der Waals surface area contributed by atoms with Crippen LogP contribution >= 0.6 is 0 Å². The van der Waals surface area contributed by atoms with E-state index in [0.29, 0.717) is 12.3 Å². The fraction of sp³-hybridized carbons (Fsp3) is 0.364. The summed E-state index contributed by atoms with van der Waals surface area (Å²) in [5.41, 5.74) is 1.85. The van der Waals surface area contributed by atoms with Crippen LogP contribution in [0.4, 0.5) is 5.69 Å². The zero-order valence-corrected chi connectivity index (χ0v) is 15.9. The highest BCUT2D eigenvalue weighted by Gasteiger charge is 2.42. The predicted molar refractivity (Wildman–Crippen MR) is 105 cm³/mol. The quantitative estimate of drug-likeness (QED) is 0.728. The van der Waals surface area contributed by atoms with Crippen molar-refractivity contribution in [3.63, 3.8) is 0 Å². The van der Waals surface area contributed by atoms with Gasteiger partial charge in [-0.25, -0.2) is 4.90 Å². The number of rotatable bonds is 8. The minimum absolute atomic E-state index is 0.137. The second-order valence-corrected chi connectivity index (χ2v) is 7.08. The Hall–Kier alpha value is -2.66. The Labute approximate surface area is 160 Å². The number of amides is 2. The third kappa shape index (κ3) is 4.74. The Morgan fingerprint density at radius 2 is 1.81 bits per heavy atom. The largest absolute Gasteiger partial charge is 0.494 e. The van der Waals surface area contributed by atoms with Gasteiger partial charge in [-0.15, -0.1) is 0 Å². The van der Waals surface area contributed by atoms with Gasteiger partial charge in [0, 0.05) is 6.42 Å². The highest BCUT2D eigenvalue weighted by molar-refractivity contribution is 6.21. The van der Waals surface area contributed by atoms with Crippen molar-refractivity contribution in [1.29, 1.82) is 0 Å². The van der Waals surface area contributed by atoms with E-state index in [9.17, 15) is 9.59 Å². The highest BCUT2D eigenvalue weighted by atomic mass is 16.5. The molecule has 1 fully saturated rings. The molecule has 142 valence electrons. The van der Waals surface area contributed by atoms with Crippen LogP contribution in [0.1, 0.15) is 32.3 Å². The van der Waals surface area contributed by atoms with Crippen LogP contribution in [-0.4, -0.2) is 30.5 Å². The van der Waals surface area contributed by atoms with Gasteiger partial charge in [-0.2, -0.15) is 0 Å². The molecular formula is C22H27N2O3+. The summed E-state index contributed by atoms with van der Waals surface area (Å²) in [7, 11) is 0. The average Bonchev–Trinajstić information content (AvgIpc) is 2.94. The summed E-state index contributed by atoms with van der Waals surface area (Å²) in [5, 5.41) is 2.02. The molecule has 1 saturated heterocycles. The van der Waals surface area contributed by atoms with Crippen LogP contribution in [0, 0.1) is 0 Å². The predicted octanol–water partition coefficient (Wildman–Crippen LogP) is 2.30. The lowest BCUT2D eigenvalue weighted by atomic mass is 10.1. The number of anilines is 1. The second kappa shape index (κ2) is 8.82. The molecule has 2 aromatic carbocycles. The molecule has 0 saturated carbocycles. The summed E-state index contributed by atoms with van der Waals surface area (Å²) in [6, 6.07) is 17.2. The monoisotopic (exact) mass is 367 g/mol. The second-order valence-electron chi connectivity index (χ2n) is 7.08. The topological polar surface area (TPSA) is 63.2 Å². The normalized spacial score (nSPS) is 18.0.